The van der Waals surface area contributed by atoms with E-state index in [4.69, 9.17) is 0 Å². The molecular weight excluding hydrogens is 358 g/mol. The minimum atomic E-state index is -4.59. The van der Waals surface area contributed by atoms with E-state index in [1.165, 1.54) is 25.2 Å². The van der Waals surface area contributed by atoms with E-state index in [-0.39, 0.29) is 10.5 Å². The molecule has 0 aliphatic heterocycles. The maximum atomic E-state index is 14.4. The minimum Gasteiger partial charge on any atom is -0.241 e. The van der Waals surface area contributed by atoms with Crippen molar-refractivity contribution >= 4 is 10.0 Å². The van der Waals surface area contributed by atoms with Crippen LogP contribution in [0.3, 0.4) is 0 Å². The Labute approximate surface area is 143 Å². The molecule has 1 atom stereocenters. The standard InChI is InChI=1S/C17H17F4NO2S/c1-12-6-8-15(9-7-12)25(23,24)22(2)11-16(18)13-4-3-5-14(10-13)17(19,20)21/h3-10,16H,11H2,1-2H3. The fourth-order valence-corrected chi connectivity index (χ4v) is 3.40. The second-order valence-corrected chi connectivity index (χ2v) is 7.73. The summed E-state index contributed by atoms with van der Waals surface area (Å²) in [7, 11) is -2.74. The summed E-state index contributed by atoms with van der Waals surface area (Å²) >= 11 is 0. The van der Waals surface area contributed by atoms with E-state index in [1.54, 1.807) is 19.1 Å². The molecule has 3 nitrogen and oxygen atoms in total. The van der Waals surface area contributed by atoms with Crippen LogP contribution >= 0.6 is 0 Å². The van der Waals surface area contributed by atoms with Crippen molar-refractivity contribution in [1.82, 2.24) is 4.31 Å². The normalized spacial score (nSPS) is 13.9. The lowest BCUT2D eigenvalue weighted by Crippen LogP contribution is -2.30. The Bertz CT molecular complexity index is 832. The number of alkyl halides is 4. The summed E-state index contributed by atoms with van der Waals surface area (Å²) in [6.07, 6.45) is -6.47. The summed E-state index contributed by atoms with van der Waals surface area (Å²) in [5.41, 5.74) is -0.327. The van der Waals surface area contributed by atoms with Gasteiger partial charge >= 0.3 is 6.18 Å². The molecule has 0 N–H and O–H groups in total. The number of nitrogens with zero attached hydrogens (tertiary/aromatic N) is 1. The van der Waals surface area contributed by atoms with Gasteiger partial charge in [0.15, 0.2) is 0 Å². The van der Waals surface area contributed by atoms with Gasteiger partial charge in [-0.25, -0.2) is 12.8 Å². The smallest absolute Gasteiger partial charge is 0.241 e. The highest BCUT2D eigenvalue weighted by Crippen LogP contribution is 2.32. The molecule has 0 fully saturated rings. The lowest BCUT2D eigenvalue weighted by Gasteiger charge is -2.20. The number of sulfonamides is 1. The van der Waals surface area contributed by atoms with Gasteiger partial charge in [0.05, 0.1) is 10.5 Å². The molecule has 0 amide bonds. The Hall–Kier alpha value is -1.93. The quantitative estimate of drug-likeness (QED) is 0.729. The van der Waals surface area contributed by atoms with Crippen LogP contribution in [0.1, 0.15) is 22.9 Å². The molecule has 0 saturated carbocycles. The van der Waals surface area contributed by atoms with Crippen molar-refractivity contribution in [3.8, 4) is 0 Å². The first-order valence-electron chi connectivity index (χ1n) is 7.36. The van der Waals surface area contributed by atoms with Gasteiger partial charge in [-0.05, 0) is 36.8 Å². The van der Waals surface area contributed by atoms with Gasteiger partial charge in [0.2, 0.25) is 10.0 Å². The summed E-state index contributed by atoms with van der Waals surface area (Å²) in [4.78, 5) is -0.00292. The Morgan fingerprint density at radius 1 is 1.08 bits per heavy atom. The van der Waals surface area contributed by atoms with E-state index >= 15 is 0 Å². The van der Waals surface area contributed by atoms with Crippen LogP contribution in [0, 0.1) is 6.92 Å². The lowest BCUT2D eigenvalue weighted by molar-refractivity contribution is -0.137. The SMILES string of the molecule is Cc1ccc(S(=O)(=O)N(C)CC(F)c2cccc(C(F)(F)F)c2)cc1. The first-order chi connectivity index (χ1) is 11.5. The zero-order valence-corrected chi connectivity index (χ0v) is 14.4. The number of hydrogen-bond donors (Lipinski definition) is 0. The maximum absolute atomic E-state index is 14.4. The van der Waals surface area contributed by atoms with E-state index in [2.05, 4.69) is 0 Å². The summed E-state index contributed by atoms with van der Waals surface area (Å²) in [6, 6.07) is 9.85. The van der Waals surface area contributed by atoms with Crippen molar-refractivity contribution in [2.45, 2.75) is 24.2 Å². The van der Waals surface area contributed by atoms with Crippen molar-refractivity contribution in [1.29, 1.82) is 0 Å². The number of benzene rings is 2. The zero-order valence-electron chi connectivity index (χ0n) is 13.6. The molecule has 8 heteroatoms. The molecule has 0 aliphatic rings. The average Bonchev–Trinajstić information content (AvgIpc) is 2.54. The Balaban J connectivity index is 2.19. The fraction of sp³-hybridized carbons (Fsp3) is 0.294. The summed E-state index contributed by atoms with van der Waals surface area (Å²) in [5.74, 6) is 0. The predicted octanol–water partition coefficient (Wildman–Crippen LogP) is 4.35. The fourth-order valence-electron chi connectivity index (χ4n) is 2.23. The van der Waals surface area contributed by atoms with Crippen molar-refractivity contribution in [2.24, 2.45) is 0 Å². The Kier molecular flexibility index (Phi) is 5.53. The highest BCUT2D eigenvalue weighted by Gasteiger charge is 2.31. The van der Waals surface area contributed by atoms with Crippen molar-refractivity contribution in [3.63, 3.8) is 0 Å². The highest BCUT2D eigenvalue weighted by molar-refractivity contribution is 7.89. The summed E-state index contributed by atoms with van der Waals surface area (Å²) < 4.78 is 78.1. The number of aryl methyl sites for hydroxylation is 1. The molecule has 1 unspecified atom stereocenters. The summed E-state index contributed by atoms with van der Waals surface area (Å²) in [5, 5.41) is 0. The van der Waals surface area contributed by atoms with Crippen LogP contribution in [-0.4, -0.2) is 26.3 Å². The van der Waals surface area contributed by atoms with Crippen molar-refractivity contribution < 1.29 is 26.0 Å². The molecule has 0 aromatic heterocycles. The van der Waals surface area contributed by atoms with Crippen LogP contribution in [0.25, 0.3) is 0 Å². The third-order valence-electron chi connectivity index (χ3n) is 3.72. The van der Waals surface area contributed by atoms with Gasteiger partial charge in [0.25, 0.3) is 0 Å². The predicted molar refractivity (Wildman–Crippen MR) is 86.3 cm³/mol. The topological polar surface area (TPSA) is 37.4 Å². The maximum Gasteiger partial charge on any atom is 0.416 e. The van der Waals surface area contributed by atoms with Crippen LogP contribution in [0.5, 0.6) is 0 Å². The summed E-state index contributed by atoms with van der Waals surface area (Å²) in [6.45, 7) is 1.21. The van der Waals surface area contributed by atoms with Crippen molar-refractivity contribution in [2.75, 3.05) is 13.6 Å². The molecule has 25 heavy (non-hydrogen) atoms. The average molecular weight is 375 g/mol. The van der Waals surface area contributed by atoms with Gasteiger partial charge in [-0.2, -0.15) is 17.5 Å². The second kappa shape index (κ2) is 7.13. The van der Waals surface area contributed by atoms with E-state index in [0.717, 1.165) is 22.0 Å². The van der Waals surface area contributed by atoms with Crippen LogP contribution in [0.4, 0.5) is 17.6 Å². The molecule has 0 heterocycles. The number of rotatable bonds is 5. The molecule has 0 spiro atoms. The van der Waals surface area contributed by atoms with E-state index in [9.17, 15) is 26.0 Å². The number of halogens is 4. The molecule has 0 saturated heterocycles. The monoisotopic (exact) mass is 375 g/mol. The number of hydrogen-bond acceptors (Lipinski definition) is 2. The van der Waals surface area contributed by atoms with Crippen LogP contribution in [0.2, 0.25) is 0 Å². The Morgan fingerprint density at radius 3 is 2.24 bits per heavy atom. The molecule has 0 aliphatic carbocycles. The molecule has 2 aromatic carbocycles. The van der Waals surface area contributed by atoms with Crippen molar-refractivity contribution in [3.05, 3.63) is 65.2 Å². The second-order valence-electron chi connectivity index (χ2n) is 5.69. The van der Waals surface area contributed by atoms with Gasteiger partial charge in [0.1, 0.15) is 6.17 Å². The van der Waals surface area contributed by atoms with Gasteiger partial charge in [-0.1, -0.05) is 29.8 Å². The van der Waals surface area contributed by atoms with Gasteiger partial charge in [-0.3, -0.25) is 0 Å². The highest BCUT2D eigenvalue weighted by atomic mass is 32.2. The lowest BCUT2D eigenvalue weighted by atomic mass is 10.1. The minimum absolute atomic E-state index is 0.00292. The van der Waals surface area contributed by atoms with Gasteiger partial charge < -0.3 is 0 Å². The van der Waals surface area contributed by atoms with E-state index in [1.807, 2.05) is 0 Å². The van der Waals surface area contributed by atoms with Crippen LogP contribution in [-0.2, 0) is 16.2 Å². The van der Waals surface area contributed by atoms with Gasteiger partial charge in [-0.15, -0.1) is 0 Å². The van der Waals surface area contributed by atoms with E-state index < -0.39 is 34.5 Å². The molecule has 2 aromatic rings. The Morgan fingerprint density at radius 2 is 1.68 bits per heavy atom. The van der Waals surface area contributed by atoms with Gasteiger partial charge in [0, 0.05) is 13.6 Å². The number of likely N-dealkylation sites (N-methyl/N-ethyl adjacent to an activating group) is 1. The molecular formula is C17H17F4NO2S. The third-order valence-corrected chi connectivity index (χ3v) is 5.56. The van der Waals surface area contributed by atoms with Crippen LogP contribution < -0.4 is 0 Å². The van der Waals surface area contributed by atoms with E-state index in [0.29, 0.717) is 6.07 Å². The molecule has 0 bridgehead atoms. The molecule has 136 valence electrons. The largest absolute Gasteiger partial charge is 0.416 e. The first-order valence-corrected chi connectivity index (χ1v) is 8.80. The zero-order chi connectivity index (χ0) is 18.8. The molecule has 2 rings (SSSR count). The first kappa shape index (κ1) is 19.4. The van der Waals surface area contributed by atoms with Crippen LogP contribution in [0.15, 0.2) is 53.4 Å². The molecule has 0 radical (unpaired) electrons. The third kappa shape index (κ3) is 4.58.